The molecule has 0 fully saturated rings. The van der Waals surface area contributed by atoms with Crippen molar-refractivity contribution in [2.24, 2.45) is 0 Å². The summed E-state index contributed by atoms with van der Waals surface area (Å²) in [7, 11) is -2.34. The highest BCUT2D eigenvalue weighted by atomic mass is 32.2. The van der Waals surface area contributed by atoms with E-state index >= 15 is 0 Å². The molecule has 0 aromatic heterocycles. The van der Waals surface area contributed by atoms with Gasteiger partial charge in [-0.1, -0.05) is 0 Å². The van der Waals surface area contributed by atoms with E-state index in [1.54, 1.807) is 5.02 Å². The Morgan fingerprint density at radius 2 is 2.14 bits per heavy atom. The van der Waals surface area contributed by atoms with Crippen LogP contribution in [0.5, 0.6) is 0 Å². The lowest BCUT2D eigenvalue weighted by Crippen LogP contribution is -1.53. The first-order valence-electron chi connectivity index (χ1n) is 1.34. The van der Waals surface area contributed by atoms with Crippen LogP contribution >= 0.6 is 0 Å². The van der Waals surface area contributed by atoms with Gasteiger partial charge in [-0.25, -0.2) is 0 Å². The third kappa shape index (κ3) is 4.96. The second-order valence-corrected chi connectivity index (χ2v) is 1.33. The lowest BCUT2D eigenvalue weighted by molar-refractivity contribution is 0.627. The minimum Gasteiger partial charge on any atom is -0.192 e. The van der Waals surface area contributed by atoms with E-state index in [1.165, 1.54) is 6.07 Å². The number of nitriles is 1. The highest BCUT2D eigenvalue weighted by Gasteiger charge is 1.53. The summed E-state index contributed by atoms with van der Waals surface area (Å²) < 4.78 is 18.9. The first-order valence-corrected chi connectivity index (χ1v) is 2.41. The summed E-state index contributed by atoms with van der Waals surface area (Å²) in [6.45, 7) is 0. The molecule has 3 nitrogen and oxygen atoms in total. The lowest BCUT2D eigenvalue weighted by atomic mass is 10.7. The second kappa shape index (κ2) is 3.16. The molecule has 0 aromatic rings. The van der Waals surface area contributed by atoms with Crippen molar-refractivity contribution >= 4 is 15.3 Å². The normalized spacial score (nSPS) is 5.57. The van der Waals surface area contributed by atoms with Gasteiger partial charge in [0, 0.05) is 5.02 Å². The predicted molar refractivity (Wildman–Crippen MR) is 24.1 cm³/mol. The largest absolute Gasteiger partial charge is 0.261 e. The van der Waals surface area contributed by atoms with Gasteiger partial charge in [-0.3, -0.25) is 0 Å². The zero-order valence-electron chi connectivity index (χ0n) is 3.25. The van der Waals surface area contributed by atoms with E-state index in [2.05, 4.69) is 0 Å². The molecule has 0 amide bonds. The molecule has 4 heteroatoms. The summed E-state index contributed by atoms with van der Waals surface area (Å²) in [4.78, 5) is 0. The molecule has 0 radical (unpaired) electrons. The highest BCUT2D eigenvalue weighted by Crippen LogP contribution is 1.43. The van der Waals surface area contributed by atoms with Crippen molar-refractivity contribution in [3.05, 3.63) is 6.08 Å². The van der Waals surface area contributed by atoms with E-state index in [0.717, 1.165) is 6.08 Å². The molecule has 0 unspecified atom stereocenters. The molecule has 0 aromatic carbocycles. The number of hydrogen-bond donors (Lipinski definition) is 0. The van der Waals surface area contributed by atoms with Crippen LogP contribution in [0.4, 0.5) is 0 Å². The Morgan fingerprint density at radius 1 is 1.57 bits per heavy atom. The van der Waals surface area contributed by atoms with Crippen LogP contribution in [0, 0.1) is 11.3 Å². The van der Waals surface area contributed by atoms with Crippen molar-refractivity contribution in [1.29, 1.82) is 5.26 Å². The molecule has 0 saturated heterocycles. The van der Waals surface area contributed by atoms with E-state index in [-0.39, 0.29) is 0 Å². The fraction of sp³-hybridized carbons (Fsp3) is 0. The zero-order valence-corrected chi connectivity index (χ0v) is 4.07. The van der Waals surface area contributed by atoms with Gasteiger partial charge >= 0.3 is 0 Å². The van der Waals surface area contributed by atoms with E-state index in [4.69, 9.17) is 5.26 Å². The molecule has 0 aliphatic carbocycles. The summed E-state index contributed by atoms with van der Waals surface area (Å²) in [5, 5.41) is 9.40. The fourth-order valence-corrected chi connectivity index (χ4v) is 0.223. The Morgan fingerprint density at radius 3 is 2.29 bits per heavy atom. The van der Waals surface area contributed by atoms with Gasteiger partial charge in [0.2, 0.25) is 0 Å². The molecule has 0 rings (SSSR count). The summed E-state index contributed by atoms with van der Waals surface area (Å²) >= 11 is 0. The lowest BCUT2D eigenvalue weighted by Gasteiger charge is -1.38. The summed E-state index contributed by atoms with van der Waals surface area (Å²) in [5.41, 5.74) is 0. The third-order valence-electron chi connectivity index (χ3n) is 0.220. The third-order valence-corrected chi connectivity index (χ3v) is 0.530. The Bertz CT molecular complexity index is 229. The number of rotatable bonds is 0. The van der Waals surface area contributed by atoms with Crippen molar-refractivity contribution in [3.63, 3.8) is 0 Å². The maximum absolute atomic E-state index is 9.46. The second-order valence-electron chi connectivity index (χ2n) is 0.626. The van der Waals surface area contributed by atoms with Crippen molar-refractivity contribution in [1.82, 2.24) is 0 Å². The van der Waals surface area contributed by atoms with Gasteiger partial charge in [0.25, 0.3) is 10.3 Å². The van der Waals surface area contributed by atoms with E-state index in [9.17, 15) is 8.42 Å². The molecule has 0 N–H and O–H groups in total. The van der Waals surface area contributed by atoms with Gasteiger partial charge in [-0.2, -0.15) is 13.7 Å². The van der Waals surface area contributed by atoms with Crippen molar-refractivity contribution in [2.75, 3.05) is 0 Å². The molecule has 36 valence electrons. The number of allylic oxidation sites excluding steroid dienone is 1. The SMILES string of the molecule is N#CC=C=S(=O)=O. The van der Waals surface area contributed by atoms with Gasteiger partial charge in [-0.15, -0.1) is 0 Å². The van der Waals surface area contributed by atoms with Gasteiger partial charge in [0.15, 0.2) is 0 Å². The first kappa shape index (κ1) is 5.96. The van der Waals surface area contributed by atoms with Gasteiger partial charge in [-0.05, 0) is 0 Å². The highest BCUT2D eigenvalue weighted by molar-refractivity contribution is 7.70. The standard InChI is InChI=1S/C3HNO2S/c4-2-1-3-7(5)6/h1H. The van der Waals surface area contributed by atoms with Gasteiger partial charge < -0.3 is 0 Å². The minimum atomic E-state index is -2.34. The maximum atomic E-state index is 9.46. The minimum absolute atomic E-state index is 0.767. The Balaban J connectivity index is 4.62. The van der Waals surface area contributed by atoms with Crippen molar-refractivity contribution in [3.8, 4) is 6.07 Å². The molecule has 0 saturated carbocycles. The first-order chi connectivity index (χ1) is 3.27. The van der Waals surface area contributed by atoms with Crippen LogP contribution in [0.25, 0.3) is 0 Å². The van der Waals surface area contributed by atoms with Crippen LogP contribution < -0.4 is 0 Å². The van der Waals surface area contributed by atoms with E-state index < -0.39 is 10.3 Å². The van der Waals surface area contributed by atoms with Crippen LogP contribution in [0.1, 0.15) is 0 Å². The van der Waals surface area contributed by atoms with Crippen LogP contribution in [0.3, 0.4) is 0 Å². The predicted octanol–water partition coefficient (Wildman–Crippen LogP) is -0.654. The molecule has 0 heterocycles. The average molecular weight is 115 g/mol. The number of nitrogens with zero attached hydrogens (tertiary/aromatic N) is 1. The van der Waals surface area contributed by atoms with Crippen LogP contribution in [0.15, 0.2) is 6.08 Å². The van der Waals surface area contributed by atoms with E-state index in [1.807, 2.05) is 0 Å². The van der Waals surface area contributed by atoms with Gasteiger partial charge in [0.1, 0.15) is 6.07 Å². The molecular formula is C3HNO2S. The van der Waals surface area contributed by atoms with Crippen molar-refractivity contribution in [2.45, 2.75) is 0 Å². The molecular weight excluding hydrogens is 114 g/mol. The molecule has 0 aliphatic heterocycles. The monoisotopic (exact) mass is 115 g/mol. The Hall–Kier alpha value is -1.04. The average Bonchev–Trinajstić information content (AvgIpc) is 1.61. The molecule has 0 atom stereocenters. The maximum Gasteiger partial charge on any atom is 0.261 e. The Labute approximate surface area is 42.0 Å². The quantitative estimate of drug-likeness (QED) is 0.311. The summed E-state index contributed by atoms with van der Waals surface area (Å²) in [5.74, 6) is 0. The van der Waals surface area contributed by atoms with Crippen LogP contribution in [-0.2, 0) is 10.3 Å². The Kier molecular flexibility index (Phi) is 2.69. The molecule has 0 aliphatic rings. The molecule has 7 heavy (non-hydrogen) atoms. The van der Waals surface area contributed by atoms with E-state index in [0.29, 0.717) is 0 Å². The molecule has 0 spiro atoms. The van der Waals surface area contributed by atoms with Gasteiger partial charge in [0.05, 0.1) is 6.08 Å². The topological polar surface area (TPSA) is 57.9 Å². The zero-order chi connectivity index (χ0) is 5.70. The smallest absolute Gasteiger partial charge is 0.192 e. The van der Waals surface area contributed by atoms with Crippen LogP contribution in [-0.4, -0.2) is 13.4 Å². The van der Waals surface area contributed by atoms with Crippen molar-refractivity contribution < 1.29 is 8.42 Å². The summed E-state index contributed by atoms with van der Waals surface area (Å²) in [6.07, 6.45) is 0.767. The van der Waals surface area contributed by atoms with Crippen LogP contribution in [0.2, 0.25) is 0 Å². The summed E-state index contributed by atoms with van der Waals surface area (Å²) in [6, 6.07) is 1.47. The molecule has 0 bridgehead atoms. The fourth-order valence-electron chi connectivity index (χ4n) is 0.0745. The number of hydrogen-bond acceptors (Lipinski definition) is 3.